The molecule has 0 aliphatic carbocycles. The number of benzene rings is 1. The summed E-state index contributed by atoms with van der Waals surface area (Å²) in [6.07, 6.45) is 2.67. The van der Waals surface area contributed by atoms with Crippen LogP contribution in [-0.4, -0.2) is 35.0 Å². The molecular weight excluding hydrogens is 228 g/mol. The molecule has 0 atom stereocenters. The van der Waals surface area contributed by atoms with Crippen molar-refractivity contribution < 1.29 is 4.74 Å². The lowest BCUT2D eigenvalue weighted by molar-refractivity contribution is 0.308. The van der Waals surface area contributed by atoms with Gasteiger partial charge in [0.1, 0.15) is 23.6 Å². The zero-order valence-electron chi connectivity index (χ0n) is 10.8. The molecule has 0 saturated carbocycles. The molecule has 0 aliphatic heterocycles. The Kier molecular flexibility index (Phi) is 4.30. The van der Waals surface area contributed by atoms with Crippen molar-refractivity contribution >= 4 is 0 Å². The molecule has 0 fully saturated rings. The molecule has 5 heteroatoms. The first-order valence-corrected chi connectivity index (χ1v) is 6.06. The predicted octanol–water partition coefficient (Wildman–Crippen LogP) is 1.56. The summed E-state index contributed by atoms with van der Waals surface area (Å²) in [5.74, 6) is 1.58. The number of hydrogen-bond acceptors (Lipinski definition) is 4. The van der Waals surface area contributed by atoms with E-state index in [2.05, 4.69) is 15.4 Å². The van der Waals surface area contributed by atoms with Crippen LogP contribution in [0.3, 0.4) is 0 Å². The minimum Gasteiger partial charge on any atom is -0.491 e. The number of hydrogen-bond donors (Lipinski definition) is 1. The summed E-state index contributed by atoms with van der Waals surface area (Å²) >= 11 is 0. The van der Waals surface area contributed by atoms with Crippen molar-refractivity contribution in [2.45, 2.75) is 13.3 Å². The van der Waals surface area contributed by atoms with Crippen LogP contribution in [0.2, 0.25) is 0 Å². The van der Waals surface area contributed by atoms with Crippen LogP contribution in [-0.2, 0) is 0 Å². The molecule has 1 heterocycles. The third-order valence-corrected chi connectivity index (χ3v) is 2.55. The molecule has 0 saturated heterocycles. The molecule has 0 spiro atoms. The lowest BCUT2D eigenvalue weighted by Gasteiger charge is -2.10. The van der Waals surface area contributed by atoms with Gasteiger partial charge >= 0.3 is 0 Å². The smallest absolute Gasteiger partial charge is 0.147 e. The topological polar surface area (TPSA) is 52.0 Å². The third kappa shape index (κ3) is 3.07. The van der Waals surface area contributed by atoms with Crippen LogP contribution >= 0.6 is 0 Å². The maximum absolute atomic E-state index is 5.77. The molecule has 18 heavy (non-hydrogen) atoms. The van der Waals surface area contributed by atoms with Gasteiger partial charge in [0.15, 0.2) is 0 Å². The van der Waals surface area contributed by atoms with Gasteiger partial charge in [-0.3, -0.25) is 0 Å². The fourth-order valence-electron chi connectivity index (χ4n) is 1.66. The summed E-state index contributed by atoms with van der Waals surface area (Å²) in [5.41, 5.74) is 0.919. The van der Waals surface area contributed by atoms with E-state index in [4.69, 9.17) is 4.74 Å². The van der Waals surface area contributed by atoms with Crippen LogP contribution in [0.5, 0.6) is 5.75 Å². The number of aromatic nitrogens is 3. The second kappa shape index (κ2) is 6.16. The van der Waals surface area contributed by atoms with E-state index in [0.29, 0.717) is 6.61 Å². The fourth-order valence-corrected chi connectivity index (χ4v) is 1.66. The average Bonchev–Trinajstić information content (AvgIpc) is 2.82. The zero-order valence-corrected chi connectivity index (χ0v) is 10.8. The summed E-state index contributed by atoms with van der Waals surface area (Å²) in [7, 11) is 1.94. The Balaban J connectivity index is 2.10. The van der Waals surface area contributed by atoms with E-state index < -0.39 is 0 Å². The maximum atomic E-state index is 5.77. The highest BCUT2D eigenvalue weighted by atomic mass is 16.5. The summed E-state index contributed by atoms with van der Waals surface area (Å²) in [4.78, 5) is 4.13. The standard InChI is InChI=1S/C13H18N4O/c1-11-15-10-17(16-11)12-6-3-4-7-13(12)18-9-5-8-14-2/h3-4,6-7,10,14H,5,8-9H2,1-2H3. The van der Waals surface area contributed by atoms with Crippen molar-refractivity contribution in [3.05, 3.63) is 36.4 Å². The second-order valence-electron chi connectivity index (χ2n) is 4.01. The van der Waals surface area contributed by atoms with Gasteiger partial charge in [0.05, 0.1) is 6.61 Å². The molecule has 2 aromatic rings. The molecule has 0 amide bonds. The molecule has 1 aromatic heterocycles. The van der Waals surface area contributed by atoms with Gasteiger partial charge in [0.2, 0.25) is 0 Å². The average molecular weight is 246 g/mol. The largest absolute Gasteiger partial charge is 0.491 e. The first-order chi connectivity index (χ1) is 8.81. The molecule has 0 radical (unpaired) electrons. The number of rotatable bonds is 6. The monoisotopic (exact) mass is 246 g/mol. The first-order valence-electron chi connectivity index (χ1n) is 6.06. The van der Waals surface area contributed by atoms with Gasteiger partial charge in [-0.05, 0) is 39.1 Å². The van der Waals surface area contributed by atoms with Gasteiger partial charge < -0.3 is 10.1 Å². The van der Waals surface area contributed by atoms with Gasteiger partial charge in [-0.15, -0.1) is 0 Å². The quantitative estimate of drug-likeness (QED) is 0.786. The van der Waals surface area contributed by atoms with Crippen molar-refractivity contribution in [1.82, 2.24) is 20.1 Å². The number of nitrogens with zero attached hydrogens (tertiary/aromatic N) is 3. The van der Waals surface area contributed by atoms with E-state index in [1.165, 1.54) is 0 Å². The summed E-state index contributed by atoms with van der Waals surface area (Å²) in [5, 5.41) is 7.40. The second-order valence-corrected chi connectivity index (χ2v) is 4.01. The van der Waals surface area contributed by atoms with E-state index in [9.17, 15) is 0 Å². The van der Waals surface area contributed by atoms with E-state index in [1.807, 2.05) is 38.2 Å². The normalized spacial score (nSPS) is 10.6. The molecule has 0 aliphatic rings. The number of para-hydroxylation sites is 2. The van der Waals surface area contributed by atoms with Crippen LogP contribution in [0.4, 0.5) is 0 Å². The Labute approximate surface area is 107 Å². The van der Waals surface area contributed by atoms with Crippen molar-refractivity contribution in [3.8, 4) is 11.4 Å². The molecular formula is C13H18N4O. The van der Waals surface area contributed by atoms with Gasteiger partial charge in [0.25, 0.3) is 0 Å². The third-order valence-electron chi connectivity index (χ3n) is 2.55. The Bertz CT molecular complexity index is 495. The van der Waals surface area contributed by atoms with Crippen molar-refractivity contribution in [2.24, 2.45) is 0 Å². The molecule has 96 valence electrons. The van der Waals surface area contributed by atoms with E-state index in [-0.39, 0.29) is 0 Å². The van der Waals surface area contributed by atoms with Gasteiger partial charge in [-0.1, -0.05) is 12.1 Å². The molecule has 5 nitrogen and oxygen atoms in total. The Morgan fingerprint density at radius 1 is 1.33 bits per heavy atom. The highest BCUT2D eigenvalue weighted by Crippen LogP contribution is 2.21. The number of ether oxygens (including phenoxy) is 1. The minimum absolute atomic E-state index is 0.686. The maximum Gasteiger partial charge on any atom is 0.147 e. The van der Waals surface area contributed by atoms with Crippen LogP contribution in [0.15, 0.2) is 30.6 Å². The van der Waals surface area contributed by atoms with E-state index in [0.717, 1.165) is 30.2 Å². The van der Waals surface area contributed by atoms with Crippen LogP contribution in [0, 0.1) is 6.92 Å². The van der Waals surface area contributed by atoms with Crippen LogP contribution in [0.1, 0.15) is 12.2 Å². The lowest BCUT2D eigenvalue weighted by atomic mass is 10.3. The lowest BCUT2D eigenvalue weighted by Crippen LogP contribution is -2.12. The van der Waals surface area contributed by atoms with Gasteiger partial charge in [-0.25, -0.2) is 9.67 Å². The fraction of sp³-hybridized carbons (Fsp3) is 0.385. The Morgan fingerprint density at radius 2 is 2.17 bits per heavy atom. The van der Waals surface area contributed by atoms with E-state index >= 15 is 0 Å². The van der Waals surface area contributed by atoms with Crippen molar-refractivity contribution in [1.29, 1.82) is 0 Å². The van der Waals surface area contributed by atoms with Crippen LogP contribution < -0.4 is 10.1 Å². The highest BCUT2D eigenvalue weighted by molar-refractivity contribution is 5.45. The van der Waals surface area contributed by atoms with Gasteiger partial charge in [-0.2, -0.15) is 5.10 Å². The summed E-state index contributed by atoms with van der Waals surface area (Å²) in [6.45, 7) is 3.50. The molecule has 1 N–H and O–H groups in total. The highest BCUT2D eigenvalue weighted by Gasteiger charge is 2.06. The summed E-state index contributed by atoms with van der Waals surface area (Å²) < 4.78 is 7.51. The van der Waals surface area contributed by atoms with E-state index in [1.54, 1.807) is 11.0 Å². The predicted molar refractivity (Wildman–Crippen MR) is 70.1 cm³/mol. The number of aryl methyl sites for hydroxylation is 1. The first kappa shape index (κ1) is 12.6. The molecule has 1 aromatic carbocycles. The molecule has 0 bridgehead atoms. The SMILES string of the molecule is CNCCCOc1ccccc1-n1cnc(C)n1. The number of nitrogens with one attached hydrogen (secondary N) is 1. The minimum atomic E-state index is 0.686. The van der Waals surface area contributed by atoms with Gasteiger partial charge in [0, 0.05) is 0 Å². The Hall–Kier alpha value is -1.88. The summed E-state index contributed by atoms with van der Waals surface area (Å²) in [6, 6.07) is 7.85. The molecule has 2 rings (SSSR count). The van der Waals surface area contributed by atoms with Crippen molar-refractivity contribution in [3.63, 3.8) is 0 Å². The molecule has 0 unspecified atom stereocenters. The van der Waals surface area contributed by atoms with Crippen LogP contribution in [0.25, 0.3) is 5.69 Å². The Morgan fingerprint density at radius 3 is 2.89 bits per heavy atom. The zero-order chi connectivity index (χ0) is 12.8. The van der Waals surface area contributed by atoms with Crippen molar-refractivity contribution in [2.75, 3.05) is 20.2 Å².